The summed E-state index contributed by atoms with van der Waals surface area (Å²) >= 11 is 0. The van der Waals surface area contributed by atoms with Crippen molar-refractivity contribution in [1.29, 1.82) is 0 Å². The van der Waals surface area contributed by atoms with Crippen molar-refractivity contribution < 1.29 is 26.5 Å². The molecular weight excluding hydrogens is 1510 g/mol. The van der Waals surface area contributed by atoms with Gasteiger partial charge in [0.25, 0.3) is 0 Å². The van der Waals surface area contributed by atoms with Crippen LogP contribution in [0, 0.1) is 0 Å². The summed E-state index contributed by atoms with van der Waals surface area (Å²) < 4.78 is 45.9. The Morgan fingerprint density at radius 2 is 0.431 bits per heavy atom. The number of rotatable bonds is 9. The predicted molar refractivity (Wildman–Crippen MR) is 506 cm³/mol. The minimum atomic E-state index is 0.875. The Hall–Kier alpha value is -16.6. The van der Waals surface area contributed by atoms with Crippen LogP contribution < -0.4 is 0 Å². The number of fused-ring (bicyclic) bond motifs is 24. The fourth-order valence-electron chi connectivity index (χ4n) is 19.3. The number of hydrogen-bond acceptors (Lipinski definition) is 6. The molecule has 0 saturated heterocycles. The second kappa shape index (κ2) is 28.0. The zero-order valence-electron chi connectivity index (χ0n) is 66.1. The number of furan rings is 6. The van der Waals surface area contributed by atoms with E-state index in [9.17, 15) is 0 Å². The van der Waals surface area contributed by atoms with Crippen LogP contribution >= 0.6 is 0 Å². The average Bonchev–Trinajstić information content (AvgIpc) is 1.55. The molecule has 9 heterocycles. The van der Waals surface area contributed by atoms with Gasteiger partial charge in [-0.1, -0.05) is 279 Å². The van der Waals surface area contributed by atoms with Gasteiger partial charge in [0.2, 0.25) is 0 Å². The molecule has 0 aliphatic carbocycles. The lowest BCUT2D eigenvalue weighted by molar-refractivity contribution is 0.668. The smallest absolute Gasteiger partial charge is 0.161 e. The van der Waals surface area contributed by atoms with Gasteiger partial charge in [0, 0.05) is 92.8 Å². The van der Waals surface area contributed by atoms with E-state index in [0.717, 1.165) is 249 Å². The van der Waals surface area contributed by atoms with Crippen LogP contribution in [-0.2, 0) is 0 Å². The molecule has 9 aromatic heterocycles. The van der Waals surface area contributed by atoms with E-state index in [4.69, 9.17) is 26.5 Å². The normalized spacial score (nSPS) is 11.9. The highest BCUT2D eigenvalue weighted by Crippen LogP contribution is 2.50. The van der Waals surface area contributed by atoms with Crippen molar-refractivity contribution in [2.24, 2.45) is 0 Å². The van der Waals surface area contributed by atoms with Gasteiger partial charge in [0.15, 0.2) is 16.7 Å². The van der Waals surface area contributed by atoms with E-state index in [1.807, 2.05) is 36.4 Å². The van der Waals surface area contributed by atoms with E-state index in [1.54, 1.807) is 0 Å². The number of benzene rings is 18. The van der Waals surface area contributed by atoms with Gasteiger partial charge < -0.3 is 40.2 Å². The zero-order valence-corrected chi connectivity index (χ0v) is 66.1. The molecule has 123 heavy (non-hydrogen) atoms. The Kier molecular flexibility index (Phi) is 15.8. The van der Waals surface area contributed by atoms with E-state index in [0.29, 0.717) is 0 Å². The summed E-state index contributed by atoms with van der Waals surface area (Å²) in [7, 11) is 0. The molecule has 0 N–H and O–H groups in total. The summed E-state index contributed by atoms with van der Waals surface area (Å²) in [6.07, 6.45) is 0. The van der Waals surface area contributed by atoms with Gasteiger partial charge in [0.05, 0.1) is 16.6 Å². The molecule has 0 bridgehead atoms. The van der Waals surface area contributed by atoms with Crippen LogP contribution in [0.3, 0.4) is 0 Å². The number of hydrogen-bond donors (Lipinski definition) is 0. The van der Waals surface area contributed by atoms with Crippen LogP contribution in [0.2, 0.25) is 0 Å². The molecule has 0 atom stereocenters. The molecule has 0 unspecified atom stereocenters. The molecule has 0 aliphatic heterocycles. The molecule has 576 valence electrons. The molecular formula is C114H69N3O6. The third-order valence-electron chi connectivity index (χ3n) is 24.7. The van der Waals surface area contributed by atoms with Gasteiger partial charge in [-0.25, -0.2) is 0 Å². The molecule has 0 spiro atoms. The largest absolute Gasteiger partial charge is 0.456 e. The molecule has 27 aromatic rings. The van der Waals surface area contributed by atoms with E-state index in [1.165, 1.54) is 0 Å². The highest BCUT2D eigenvalue weighted by atomic mass is 16.4. The highest BCUT2D eigenvalue weighted by Gasteiger charge is 2.27. The van der Waals surface area contributed by atoms with Crippen LogP contribution in [0.5, 0.6) is 0 Å². The van der Waals surface area contributed by atoms with Crippen LogP contribution in [0.25, 0.3) is 249 Å². The van der Waals surface area contributed by atoms with Gasteiger partial charge in [-0.05, 0) is 195 Å². The van der Waals surface area contributed by atoms with Crippen molar-refractivity contribution in [3.8, 4) is 83.8 Å². The van der Waals surface area contributed by atoms with Gasteiger partial charge >= 0.3 is 0 Å². The van der Waals surface area contributed by atoms with Crippen molar-refractivity contribution in [3.05, 3.63) is 419 Å². The molecule has 0 amide bonds. The summed E-state index contributed by atoms with van der Waals surface area (Å²) in [4.78, 5) is 0. The molecule has 0 saturated carbocycles. The molecule has 0 aliphatic rings. The van der Waals surface area contributed by atoms with Gasteiger partial charge in [-0.2, -0.15) is 0 Å². The van der Waals surface area contributed by atoms with Crippen LogP contribution in [-0.4, -0.2) is 13.7 Å². The minimum absolute atomic E-state index is 0.875. The standard InChI is InChI=1S/3C38H23NO2/c1-2-12-24(13-3-1)39-32-21-8-6-16-29(32)38-36(39)31-20-10-19-28(37(31)41-38)26-15-5-4-14-25(26)27-18-11-23-34-35(27)30-17-7-9-22-33(30)40-34;1-2-11-25(12-3-1)39-33-19-8-6-16-31(33)38-36(39)32-22-21-24(23-35(32)41-38)26-13-4-5-14-27(26)29-17-10-18-30-28-15-7-9-20-34(28)40-37(29)30;1-2-10-26(11-3-1)39-33-16-8-6-15-31(33)38-37(39)32-21-19-25(23-36(32)41-38)28-13-5-4-12-27(28)24-18-20-30-29-14-7-9-17-34(29)40-35(30)22-24/h3*1-23H. The van der Waals surface area contributed by atoms with E-state index >= 15 is 0 Å². The highest BCUT2D eigenvalue weighted by molar-refractivity contribution is 6.22. The minimum Gasteiger partial charge on any atom is -0.456 e. The number of nitrogens with zero attached hydrogens (tertiary/aromatic N) is 3. The first-order valence-corrected chi connectivity index (χ1v) is 41.6. The molecule has 0 fully saturated rings. The van der Waals surface area contributed by atoms with Crippen molar-refractivity contribution >= 4 is 165 Å². The summed E-state index contributed by atoms with van der Waals surface area (Å²) in [6, 6.07) is 146. The second-order valence-electron chi connectivity index (χ2n) is 31.5. The number of aromatic nitrogens is 3. The van der Waals surface area contributed by atoms with Crippen molar-refractivity contribution in [3.63, 3.8) is 0 Å². The first-order chi connectivity index (χ1) is 61.0. The van der Waals surface area contributed by atoms with Gasteiger partial charge in [0.1, 0.15) is 66.8 Å². The third-order valence-corrected chi connectivity index (χ3v) is 24.7. The topological polar surface area (TPSA) is 93.6 Å². The monoisotopic (exact) mass is 1580 g/mol. The first-order valence-electron chi connectivity index (χ1n) is 41.6. The maximum atomic E-state index is 6.85. The Bertz CT molecular complexity index is 8900. The molecule has 27 rings (SSSR count). The molecule has 9 heteroatoms. The van der Waals surface area contributed by atoms with Crippen LogP contribution in [0.15, 0.2) is 445 Å². The van der Waals surface area contributed by atoms with Gasteiger partial charge in [-0.3, -0.25) is 0 Å². The number of para-hydroxylation sites is 11. The summed E-state index contributed by atoms with van der Waals surface area (Å²) in [5.74, 6) is 0. The van der Waals surface area contributed by atoms with E-state index in [2.05, 4.69) is 396 Å². The SMILES string of the molecule is c1ccc(-n2c3ccccc3c3oc4c(-c5ccccc5-c5cccc6oc7ccccc7c56)cccc4c32)cc1.c1ccc(-n2c3ccccc3c3oc4cc(-c5ccccc5-c5ccc6c(c5)oc5ccccc56)ccc4c32)cc1.c1ccc(-n2c3ccccc3c3oc4cc(-c5ccccc5-c5cccc6c5oc5ccccc56)ccc4c32)cc1. The Balaban J connectivity index is 0.000000101. The quantitative estimate of drug-likeness (QED) is 0.143. The molecule has 18 aromatic carbocycles. The molecule has 0 radical (unpaired) electrons. The Morgan fingerprint density at radius 3 is 0.935 bits per heavy atom. The second-order valence-corrected chi connectivity index (χ2v) is 31.5. The lowest BCUT2D eigenvalue weighted by Gasteiger charge is -2.12. The van der Waals surface area contributed by atoms with Crippen LogP contribution in [0.4, 0.5) is 0 Å². The predicted octanol–water partition coefficient (Wildman–Crippen LogP) is 32.3. The molecule has 9 nitrogen and oxygen atoms in total. The van der Waals surface area contributed by atoms with Crippen molar-refractivity contribution in [2.75, 3.05) is 0 Å². The van der Waals surface area contributed by atoms with Crippen molar-refractivity contribution in [1.82, 2.24) is 13.7 Å². The summed E-state index contributed by atoms with van der Waals surface area (Å²) in [6.45, 7) is 0. The van der Waals surface area contributed by atoms with Gasteiger partial charge in [-0.15, -0.1) is 0 Å². The lowest BCUT2D eigenvalue weighted by Crippen LogP contribution is -1.93. The maximum absolute atomic E-state index is 6.85. The summed E-state index contributed by atoms with van der Waals surface area (Å²) in [5.41, 5.74) is 34.4. The first kappa shape index (κ1) is 69.5. The fourth-order valence-corrected chi connectivity index (χ4v) is 19.3. The fraction of sp³-hybridized carbons (Fsp3) is 0. The summed E-state index contributed by atoms with van der Waals surface area (Å²) in [5, 5.41) is 13.4. The maximum Gasteiger partial charge on any atom is 0.161 e. The Labute approximate surface area is 702 Å². The third kappa shape index (κ3) is 11.0. The Morgan fingerprint density at radius 1 is 0.146 bits per heavy atom. The average molecular weight is 1580 g/mol. The van der Waals surface area contributed by atoms with Crippen LogP contribution in [0.1, 0.15) is 0 Å². The zero-order chi connectivity index (χ0) is 80.7. The van der Waals surface area contributed by atoms with Crippen molar-refractivity contribution in [2.45, 2.75) is 0 Å². The lowest BCUT2D eigenvalue weighted by atomic mass is 9.91. The van der Waals surface area contributed by atoms with E-state index in [-0.39, 0.29) is 0 Å². The van der Waals surface area contributed by atoms with E-state index < -0.39 is 0 Å².